The number of hydrogen-bond acceptors (Lipinski definition) is 7. The number of H-pyrrole nitrogens is 1. The van der Waals surface area contributed by atoms with Crippen LogP contribution in [0.2, 0.25) is 0 Å². The zero-order valence-corrected chi connectivity index (χ0v) is 21.3. The van der Waals surface area contributed by atoms with Crippen LogP contribution < -0.4 is 26.9 Å². The Balaban J connectivity index is 1.31. The summed E-state index contributed by atoms with van der Waals surface area (Å²) in [7, 11) is 0. The maximum absolute atomic E-state index is 5.15. The number of nitrogens with one attached hydrogen (secondary N) is 4. The van der Waals surface area contributed by atoms with Crippen molar-refractivity contribution >= 4 is 22.4 Å². The van der Waals surface area contributed by atoms with Gasteiger partial charge < -0.3 is 15.6 Å². The Bertz CT molecular complexity index is 1900. The van der Waals surface area contributed by atoms with Crippen LogP contribution in [0.5, 0.6) is 0 Å². The van der Waals surface area contributed by atoms with Crippen molar-refractivity contribution in [3.05, 3.63) is 141 Å². The predicted octanol–water partition coefficient (Wildman–Crippen LogP) is 3.82. The summed E-state index contributed by atoms with van der Waals surface area (Å²) in [5, 5.41) is 13.2. The highest BCUT2D eigenvalue weighted by Crippen LogP contribution is 2.36. The van der Waals surface area contributed by atoms with Crippen molar-refractivity contribution in [1.29, 1.82) is 0 Å². The van der Waals surface area contributed by atoms with E-state index < -0.39 is 0 Å². The third kappa shape index (κ3) is 3.17. The normalized spacial score (nSPS) is 23.5. The molecule has 192 valence electrons. The van der Waals surface area contributed by atoms with Crippen molar-refractivity contribution in [3.8, 4) is 0 Å². The first-order valence-corrected chi connectivity index (χ1v) is 13.5. The molecular weight excluding hydrogens is 496 g/mol. The number of hydrogen-bond donors (Lipinski definition) is 4. The van der Waals surface area contributed by atoms with Crippen molar-refractivity contribution in [2.24, 2.45) is 20.0 Å². The second-order valence-corrected chi connectivity index (χ2v) is 10.5. The van der Waals surface area contributed by atoms with Crippen LogP contribution in [0, 0.1) is 0 Å². The minimum absolute atomic E-state index is 0.136. The SMILES string of the molecule is c1ccc2c(c1)C1=NC2N=c2[nH]c(c3ccccc23)=NC2N=C(NC3NC(N1)c1ccccc13)c1ccccc12. The summed E-state index contributed by atoms with van der Waals surface area (Å²) in [5.41, 5.74) is 8.17. The van der Waals surface area contributed by atoms with Crippen LogP contribution in [0.15, 0.2) is 117 Å². The van der Waals surface area contributed by atoms with E-state index in [0.717, 1.165) is 55.7 Å². The Labute approximate surface area is 229 Å². The van der Waals surface area contributed by atoms with Gasteiger partial charge in [-0.2, -0.15) is 0 Å². The molecule has 0 amide bonds. The average molecular weight is 521 g/mol. The smallest absolute Gasteiger partial charge is 0.170 e. The number of aromatic nitrogens is 1. The fraction of sp³-hybridized carbons (Fsp3) is 0.125. The molecule has 5 aromatic rings. The summed E-state index contributed by atoms with van der Waals surface area (Å²) >= 11 is 0. The lowest BCUT2D eigenvalue weighted by Gasteiger charge is -2.20. The summed E-state index contributed by atoms with van der Waals surface area (Å²) in [6.45, 7) is 0. The molecule has 8 bridgehead atoms. The van der Waals surface area contributed by atoms with Gasteiger partial charge in [0.25, 0.3) is 0 Å². The summed E-state index contributed by atoms with van der Waals surface area (Å²) < 4.78 is 0. The number of nitrogens with zero attached hydrogens (tertiary/aromatic N) is 4. The molecule has 0 saturated carbocycles. The molecule has 0 aliphatic carbocycles. The van der Waals surface area contributed by atoms with Gasteiger partial charge in [-0.1, -0.05) is 97.1 Å². The van der Waals surface area contributed by atoms with E-state index in [1.54, 1.807) is 0 Å². The first kappa shape index (κ1) is 21.8. The molecule has 1 aromatic heterocycles. The molecular formula is C32H24N8. The van der Waals surface area contributed by atoms with Crippen LogP contribution >= 0.6 is 0 Å². The van der Waals surface area contributed by atoms with E-state index in [0.29, 0.717) is 0 Å². The van der Waals surface area contributed by atoms with Gasteiger partial charge in [0.2, 0.25) is 0 Å². The third-order valence-corrected chi connectivity index (χ3v) is 8.18. The van der Waals surface area contributed by atoms with Crippen molar-refractivity contribution in [3.63, 3.8) is 0 Å². The summed E-state index contributed by atoms with van der Waals surface area (Å²) in [6, 6.07) is 33.3. The Morgan fingerprint density at radius 1 is 0.450 bits per heavy atom. The van der Waals surface area contributed by atoms with Crippen LogP contribution in [0.1, 0.15) is 58.0 Å². The summed E-state index contributed by atoms with van der Waals surface area (Å²) in [5.74, 6) is 1.66. The number of aromatic amines is 1. The Morgan fingerprint density at radius 2 is 0.875 bits per heavy atom. The van der Waals surface area contributed by atoms with Gasteiger partial charge >= 0.3 is 0 Å². The maximum Gasteiger partial charge on any atom is 0.170 e. The van der Waals surface area contributed by atoms with Crippen LogP contribution in [0.4, 0.5) is 0 Å². The number of fused-ring (bicyclic) bond motifs is 18. The number of aliphatic imine (C=N–C) groups is 2. The molecule has 4 unspecified atom stereocenters. The van der Waals surface area contributed by atoms with Gasteiger partial charge in [-0.15, -0.1) is 0 Å². The van der Waals surface area contributed by atoms with E-state index in [-0.39, 0.29) is 24.7 Å². The van der Waals surface area contributed by atoms with Crippen molar-refractivity contribution in [2.75, 3.05) is 0 Å². The average Bonchev–Trinajstić information content (AvgIpc) is 3.73. The second kappa shape index (κ2) is 8.21. The van der Waals surface area contributed by atoms with E-state index in [1.165, 1.54) is 11.1 Å². The van der Waals surface area contributed by atoms with E-state index in [9.17, 15) is 0 Å². The quantitative estimate of drug-likeness (QED) is 0.250. The highest BCUT2D eigenvalue weighted by molar-refractivity contribution is 6.03. The van der Waals surface area contributed by atoms with E-state index in [4.69, 9.17) is 20.0 Å². The molecule has 0 fully saturated rings. The molecule has 0 radical (unpaired) electrons. The third-order valence-electron chi connectivity index (χ3n) is 8.18. The minimum Gasteiger partial charge on any atom is -0.350 e. The summed E-state index contributed by atoms with van der Waals surface area (Å²) in [4.78, 5) is 24.0. The number of benzene rings is 4. The van der Waals surface area contributed by atoms with Crippen molar-refractivity contribution < 1.29 is 0 Å². The fourth-order valence-corrected chi connectivity index (χ4v) is 6.31. The van der Waals surface area contributed by atoms with Crippen LogP contribution in [-0.2, 0) is 0 Å². The standard InChI is InChI=1S/C32H24N8/c1-2-10-18-17(9-1)25-33-26(18)38-28-21-13-5-6-14-22(21)30(35-28)40-32-24-16-8-7-15-23(24)31(36-32)39-29-20-12-4-3-11-19(20)27(34-29)37-25/h1-16,25-26,29-30,33H,(H,34,37)(H,35,38)(H,36,39,40). The van der Waals surface area contributed by atoms with Crippen LogP contribution in [0.25, 0.3) is 10.8 Å². The van der Waals surface area contributed by atoms with Gasteiger partial charge in [0.1, 0.15) is 35.0 Å². The zero-order valence-electron chi connectivity index (χ0n) is 21.3. The first-order valence-electron chi connectivity index (χ1n) is 13.5. The molecule has 4 N–H and O–H groups in total. The van der Waals surface area contributed by atoms with Crippen molar-refractivity contribution in [2.45, 2.75) is 24.7 Å². The minimum atomic E-state index is -0.371. The Kier molecular flexibility index (Phi) is 4.48. The van der Waals surface area contributed by atoms with Gasteiger partial charge in [-0.05, 0) is 11.1 Å². The number of amidine groups is 2. The molecule has 8 heteroatoms. The van der Waals surface area contributed by atoms with Crippen LogP contribution in [0.3, 0.4) is 0 Å². The lowest BCUT2D eigenvalue weighted by molar-refractivity contribution is 0.456. The molecule has 5 heterocycles. The molecule has 40 heavy (non-hydrogen) atoms. The maximum atomic E-state index is 5.15. The molecule has 9 rings (SSSR count). The zero-order chi connectivity index (χ0) is 26.2. The second-order valence-electron chi connectivity index (χ2n) is 10.5. The fourth-order valence-electron chi connectivity index (χ4n) is 6.31. The monoisotopic (exact) mass is 520 g/mol. The van der Waals surface area contributed by atoms with E-state index >= 15 is 0 Å². The molecule has 4 atom stereocenters. The van der Waals surface area contributed by atoms with Gasteiger partial charge in [-0.25, -0.2) is 20.0 Å². The first-order chi connectivity index (χ1) is 19.8. The molecule has 8 nitrogen and oxygen atoms in total. The Hall–Kier alpha value is -5.08. The van der Waals surface area contributed by atoms with Gasteiger partial charge in [0, 0.05) is 33.0 Å². The van der Waals surface area contributed by atoms with Gasteiger partial charge in [0.15, 0.2) is 12.3 Å². The van der Waals surface area contributed by atoms with Crippen molar-refractivity contribution in [1.82, 2.24) is 20.9 Å². The molecule has 4 aliphatic heterocycles. The largest absolute Gasteiger partial charge is 0.350 e. The predicted molar refractivity (Wildman–Crippen MR) is 153 cm³/mol. The highest BCUT2D eigenvalue weighted by Gasteiger charge is 2.35. The lowest BCUT2D eigenvalue weighted by atomic mass is 10.1. The lowest BCUT2D eigenvalue weighted by Crippen LogP contribution is -2.40. The molecule has 0 saturated heterocycles. The van der Waals surface area contributed by atoms with Crippen LogP contribution in [-0.4, -0.2) is 16.7 Å². The van der Waals surface area contributed by atoms with E-state index in [1.807, 2.05) is 24.3 Å². The topological polar surface area (TPSA) is 101 Å². The van der Waals surface area contributed by atoms with Gasteiger partial charge in [0.05, 0.1) is 0 Å². The molecule has 4 aliphatic rings. The highest BCUT2D eigenvalue weighted by atomic mass is 15.3. The molecule has 4 aromatic carbocycles. The number of rotatable bonds is 0. The van der Waals surface area contributed by atoms with E-state index in [2.05, 4.69) is 93.7 Å². The van der Waals surface area contributed by atoms with Gasteiger partial charge in [-0.3, -0.25) is 5.32 Å². The Morgan fingerprint density at radius 3 is 1.38 bits per heavy atom. The summed E-state index contributed by atoms with van der Waals surface area (Å²) in [6.07, 6.45) is -1.02. The molecule has 0 spiro atoms.